The Balaban J connectivity index is 1.62. The summed E-state index contributed by atoms with van der Waals surface area (Å²) in [5.74, 6) is 1.04. The summed E-state index contributed by atoms with van der Waals surface area (Å²) in [6.45, 7) is 5.61. The van der Waals surface area contributed by atoms with Crippen LogP contribution in [-0.4, -0.2) is 57.7 Å². The van der Waals surface area contributed by atoms with Gasteiger partial charge >= 0.3 is 0 Å². The minimum absolute atomic E-state index is 0.00289. The van der Waals surface area contributed by atoms with Gasteiger partial charge in [0, 0.05) is 18.7 Å². The standard InChI is InChI=1S/C25H26N4O5/c1-2-21(31)28-11-4-3-7-17(15-28)29-22-19(9-10-20-23(22)34-13-12-33-20)26-25(29)27-24(32)16-6-5-8-18(30)14-16/h2,5-6,8-10,14,17,30H,1,3-4,7,11-13,15H2,(H,26,27,32). The van der Waals surface area contributed by atoms with E-state index in [9.17, 15) is 14.7 Å². The van der Waals surface area contributed by atoms with Gasteiger partial charge in [-0.25, -0.2) is 4.98 Å². The van der Waals surface area contributed by atoms with Crippen LogP contribution < -0.4 is 14.8 Å². The molecule has 2 N–H and O–H groups in total. The largest absolute Gasteiger partial charge is 0.508 e. The van der Waals surface area contributed by atoms with Crippen LogP contribution in [0.5, 0.6) is 17.2 Å². The number of hydrogen-bond acceptors (Lipinski definition) is 6. The Hall–Kier alpha value is -4.01. The summed E-state index contributed by atoms with van der Waals surface area (Å²) in [5.41, 5.74) is 1.69. The number of carbonyl (C=O) groups is 2. The maximum absolute atomic E-state index is 13.0. The van der Waals surface area contributed by atoms with E-state index in [1.165, 1.54) is 18.2 Å². The number of ether oxygens (including phenoxy) is 2. The first-order valence-electron chi connectivity index (χ1n) is 11.4. The molecular formula is C25H26N4O5. The van der Waals surface area contributed by atoms with E-state index in [2.05, 4.69) is 11.9 Å². The van der Waals surface area contributed by atoms with Crippen molar-refractivity contribution in [3.05, 3.63) is 54.6 Å². The fraction of sp³-hybridized carbons (Fsp3) is 0.320. The van der Waals surface area contributed by atoms with Crippen molar-refractivity contribution in [2.24, 2.45) is 0 Å². The van der Waals surface area contributed by atoms with Crippen LogP contribution in [0.25, 0.3) is 11.0 Å². The van der Waals surface area contributed by atoms with Crippen molar-refractivity contribution >= 4 is 28.8 Å². The van der Waals surface area contributed by atoms with Crippen LogP contribution in [0.4, 0.5) is 5.95 Å². The van der Waals surface area contributed by atoms with Gasteiger partial charge in [-0.1, -0.05) is 12.6 Å². The SMILES string of the molecule is C=CC(=O)N1CCCCC(n2c(NC(=O)c3cccc(O)c3)nc3ccc4c(c32)OCCO4)C1. The normalized spacial score (nSPS) is 17.8. The summed E-state index contributed by atoms with van der Waals surface area (Å²) in [6, 6.07) is 9.65. The number of imidazole rings is 1. The highest BCUT2D eigenvalue weighted by Gasteiger charge is 2.30. The molecule has 1 saturated heterocycles. The molecule has 1 unspecified atom stereocenters. The van der Waals surface area contributed by atoms with E-state index in [-0.39, 0.29) is 17.7 Å². The number of phenols is 1. The van der Waals surface area contributed by atoms with Crippen LogP contribution in [-0.2, 0) is 4.79 Å². The van der Waals surface area contributed by atoms with Crippen molar-refractivity contribution in [1.82, 2.24) is 14.5 Å². The van der Waals surface area contributed by atoms with Crippen LogP contribution in [0.2, 0.25) is 0 Å². The molecule has 9 nitrogen and oxygen atoms in total. The van der Waals surface area contributed by atoms with Gasteiger partial charge in [-0.05, 0) is 55.7 Å². The molecule has 0 saturated carbocycles. The van der Waals surface area contributed by atoms with Crippen LogP contribution in [0, 0.1) is 0 Å². The zero-order valence-electron chi connectivity index (χ0n) is 18.7. The number of carbonyl (C=O) groups excluding carboxylic acids is 2. The molecule has 2 amide bonds. The van der Waals surface area contributed by atoms with Crippen LogP contribution in [0.3, 0.4) is 0 Å². The average molecular weight is 463 g/mol. The van der Waals surface area contributed by atoms with Gasteiger partial charge in [-0.3, -0.25) is 14.9 Å². The molecule has 0 bridgehead atoms. The van der Waals surface area contributed by atoms with E-state index in [0.717, 1.165) is 24.8 Å². The number of amides is 2. The van der Waals surface area contributed by atoms with Crippen molar-refractivity contribution in [2.45, 2.75) is 25.3 Å². The summed E-state index contributed by atoms with van der Waals surface area (Å²) in [5, 5.41) is 12.7. The maximum atomic E-state index is 13.0. The Morgan fingerprint density at radius 2 is 2.03 bits per heavy atom. The molecule has 1 aromatic heterocycles. The van der Waals surface area contributed by atoms with Crippen LogP contribution in [0.1, 0.15) is 35.7 Å². The fourth-order valence-corrected chi connectivity index (χ4v) is 4.61. The number of nitrogens with zero attached hydrogens (tertiary/aromatic N) is 3. The smallest absolute Gasteiger partial charge is 0.258 e. The highest BCUT2D eigenvalue weighted by Crippen LogP contribution is 2.41. The van der Waals surface area contributed by atoms with Gasteiger partial charge in [-0.15, -0.1) is 0 Å². The molecule has 5 rings (SSSR count). The molecule has 9 heteroatoms. The lowest BCUT2D eigenvalue weighted by atomic mass is 10.1. The quantitative estimate of drug-likeness (QED) is 0.575. The van der Waals surface area contributed by atoms with Gasteiger partial charge in [0.25, 0.3) is 5.91 Å². The lowest BCUT2D eigenvalue weighted by Gasteiger charge is -2.27. The number of phenolic OH excluding ortho intramolecular Hbond substituents is 1. The second-order valence-corrected chi connectivity index (χ2v) is 8.41. The molecule has 34 heavy (non-hydrogen) atoms. The predicted molar refractivity (Wildman–Crippen MR) is 126 cm³/mol. The lowest BCUT2D eigenvalue weighted by molar-refractivity contribution is -0.126. The monoisotopic (exact) mass is 462 g/mol. The summed E-state index contributed by atoms with van der Waals surface area (Å²) < 4.78 is 13.7. The zero-order valence-corrected chi connectivity index (χ0v) is 18.7. The van der Waals surface area contributed by atoms with Crippen molar-refractivity contribution in [3.63, 3.8) is 0 Å². The number of fused-ring (bicyclic) bond motifs is 3. The molecule has 2 aromatic carbocycles. The molecule has 0 radical (unpaired) electrons. The van der Waals surface area contributed by atoms with Gasteiger partial charge in [0.15, 0.2) is 11.5 Å². The van der Waals surface area contributed by atoms with E-state index in [4.69, 9.17) is 14.5 Å². The van der Waals surface area contributed by atoms with Crippen molar-refractivity contribution in [3.8, 4) is 17.2 Å². The Kier molecular flexibility index (Phi) is 5.83. The number of rotatable bonds is 4. The maximum Gasteiger partial charge on any atom is 0.258 e. The van der Waals surface area contributed by atoms with Crippen molar-refractivity contribution in [2.75, 3.05) is 31.6 Å². The third kappa shape index (κ3) is 4.05. The summed E-state index contributed by atoms with van der Waals surface area (Å²) in [6.07, 6.45) is 3.92. The lowest BCUT2D eigenvalue weighted by Crippen LogP contribution is -2.34. The second kappa shape index (κ2) is 9.09. The Morgan fingerprint density at radius 1 is 1.18 bits per heavy atom. The molecule has 3 heterocycles. The molecule has 1 atom stereocenters. The molecule has 3 aromatic rings. The summed E-state index contributed by atoms with van der Waals surface area (Å²) >= 11 is 0. The summed E-state index contributed by atoms with van der Waals surface area (Å²) in [4.78, 5) is 32.0. The van der Waals surface area contributed by atoms with Crippen LogP contribution >= 0.6 is 0 Å². The third-order valence-corrected chi connectivity index (χ3v) is 6.19. The highest BCUT2D eigenvalue weighted by molar-refractivity contribution is 6.04. The highest BCUT2D eigenvalue weighted by atomic mass is 16.6. The van der Waals surface area contributed by atoms with Gasteiger partial charge in [0.05, 0.1) is 11.6 Å². The first-order valence-corrected chi connectivity index (χ1v) is 11.4. The molecule has 2 aliphatic heterocycles. The first-order chi connectivity index (χ1) is 16.5. The van der Waals surface area contributed by atoms with Gasteiger partial charge < -0.3 is 24.0 Å². The number of nitrogens with one attached hydrogen (secondary N) is 1. The number of hydrogen-bond donors (Lipinski definition) is 2. The van der Waals surface area contributed by atoms with E-state index < -0.39 is 5.91 Å². The van der Waals surface area contributed by atoms with Crippen LogP contribution in [0.15, 0.2) is 49.1 Å². The molecule has 1 fully saturated rings. The van der Waals surface area contributed by atoms with E-state index >= 15 is 0 Å². The van der Waals surface area contributed by atoms with Gasteiger partial charge in [-0.2, -0.15) is 0 Å². The molecule has 2 aliphatic rings. The fourth-order valence-electron chi connectivity index (χ4n) is 4.61. The van der Waals surface area contributed by atoms with E-state index in [1.54, 1.807) is 17.0 Å². The van der Waals surface area contributed by atoms with E-state index in [0.29, 0.717) is 54.8 Å². The van der Waals surface area contributed by atoms with Gasteiger partial charge in [0.1, 0.15) is 24.5 Å². The Bertz CT molecular complexity index is 1270. The van der Waals surface area contributed by atoms with E-state index in [1.807, 2.05) is 16.7 Å². The number of benzene rings is 2. The molecule has 0 aliphatic carbocycles. The zero-order chi connectivity index (χ0) is 23.7. The third-order valence-electron chi connectivity index (χ3n) is 6.19. The predicted octanol–water partition coefficient (Wildman–Crippen LogP) is 3.51. The molecule has 0 spiro atoms. The number of aromatic hydroxyl groups is 1. The van der Waals surface area contributed by atoms with Crippen molar-refractivity contribution < 1.29 is 24.2 Å². The summed E-state index contributed by atoms with van der Waals surface area (Å²) in [7, 11) is 0. The number of anilines is 1. The van der Waals surface area contributed by atoms with Gasteiger partial charge in [0.2, 0.25) is 11.9 Å². The number of aromatic nitrogens is 2. The molecular weight excluding hydrogens is 436 g/mol. The average Bonchev–Trinajstić information content (AvgIpc) is 3.04. The Morgan fingerprint density at radius 3 is 2.85 bits per heavy atom. The number of likely N-dealkylation sites (tertiary alicyclic amines) is 1. The minimum Gasteiger partial charge on any atom is -0.508 e. The first kappa shape index (κ1) is 21.8. The minimum atomic E-state index is -0.397. The molecule has 176 valence electrons. The van der Waals surface area contributed by atoms with Crippen molar-refractivity contribution in [1.29, 1.82) is 0 Å². The Labute approximate surface area is 196 Å². The topological polar surface area (TPSA) is 106 Å². The second-order valence-electron chi connectivity index (χ2n) is 8.41.